The summed E-state index contributed by atoms with van der Waals surface area (Å²) >= 11 is 1.62. The fraction of sp³-hybridized carbons (Fsp3) is 0.565. The third kappa shape index (κ3) is 4.89. The van der Waals surface area contributed by atoms with Crippen molar-refractivity contribution in [3.05, 3.63) is 29.3 Å². The Labute approximate surface area is 186 Å². The van der Waals surface area contributed by atoms with E-state index in [-0.39, 0.29) is 35.7 Å². The second-order valence-electron chi connectivity index (χ2n) is 9.04. The van der Waals surface area contributed by atoms with Gasteiger partial charge in [0, 0.05) is 31.8 Å². The molecule has 2 aliphatic rings. The first-order valence-electron chi connectivity index (χ1n) is 11.1. The first-order chi connectivity index (χ1) is 14.8. The van der Waals surface area contributed by atoms with Gasteiger partial charge in [0.2, 0.25) is 17.7 Å². The molecule has 1 aliphatic heterocycles. The number of rotatable bonds is 5. The highest BCUT2D eigenvalue weighted by molar-refractivity contribution is 7.18. The lowest BCUT2D eigenvalue weighted by molar-refractivity contribution is -0.134. The number of fused-ring (bicyclic) bond motifs is 1. The van der Waals surface area contributed by atoms with Gasteiger partial charge in [-0.3, -0.25) is 14.4 Å². The fourth-order valence-electron chi connectivity index (χ4n) is 4.49. The monoisotopic (exact) mass is 442 g/mol. The molecule has 0 bridgehead atoms. The number of hydrogen-bond acceptors (Lipinski definition) is 5. The standard InChI is InChI=1S/C23H30N4O3S/c1-15(2)21(29)25-17-13-27(14-23(26-22(17)30)11-5-6-12-23)20(28)10-9-19-24-16-7-3-4-8-18(16)31-19/h3-4,7-8,15,17H,5-6,9-14H2,1-2H3,(H,25,29)(H,26,30). The minimum atomic E-state index is -0.721. The van der Waals surface area contributed by atoms with Crippen LogP contribution in [0.2, 0.25) is 0 Å². The van der Waals surface area contributed by atoms with Crippen molar-refractivity contribution in [3.8, 4) is 0 Å². The summed E-state index contributed by atoms with van der Waals surface area (Å²) in [7, 11) is 0. The quantitative estimate of drug-likeness (QED) is 0.745. The number of nitrogens with one attached hydrogen (secondary N) is 2. The van der Waals surface area contributed by atoms with Crippen LogP contribution in [0.25, 0.3) is 10.2 Å². The lowest BCUT2D eigenvalue weighted by atomic mass is 9.97. The molecule has 2 N–H and O–H groups in total. The van der Waals surface area contributed by atoms with E-state index in [4.69, 9.17) is 0 Å². The zero-order valence-corrected chi connectivity index (χ0v) is 19.0. The molecule has 31 heavy (non-hydrogen) atoms. The van der Waals surface area contributed by atoms with Crippen LogP contribution in [-0.4, -0.2) is 52.3 Å². The molecule has 0 radical (unpaired) electrons. The molecule has 1 aromatic carbocycles. The van der Waals surface area contributed by atoms with Crippen LogP contribution in [0.4, 0.5) is 0 Å². The van der Waals surface area contributed by atoms with E-state index in [1.807, 2.05) is 24.3 Å². The Balaban J connectivity index is 1.48. The van der Waals surface area contributed by atoms with Gasteiger partial charge in [-0.05, 0) is 25.0 Å². The van der Waals surface area contributed by atoms with Crippen molar-refractivity contribution in [2.24, 2.45) is 5.92 Å². The van der Waals surface area contributed by atoms with Gasteiger partial charge in [0.1, 0.15) is 6.04 Å². The summed E-state index contributed by atoms with van der Waals surface area (Å²) in [6.45, 7) is 4.31. The number of carbonyl (C=O) groups is 3. The molecule has 1 saturated carbocycles. The van der Waals surface area contributed by atoms with Gasteiger partial charge in [0.15, 0.2) is 0 Å². The van der Waals surface area contributed by atoms with E-state index in [1.54, 1.807) is 30.1 Å². The first kappa shape index (κ1) is 21.7. The second-order valence-corrected chi connectivity index (χ2v) is 10.2. The zero-order chi connectivity index (χ0) is 22.0. The van der Waals surface area contributed by atoms with Crippen molar-refractivity contribution in [1.29, 1.82) is 0 Å². The molecular formula is C23H30N4O3S. The largest absolute Gasteiger partial charge is 0.347 e. The van der Waals surface area contributed by atoms with E-state index in [0.717, 1.165) is 40.9 Å². The lowest BCUT2D eigenvalue weighted by Gasteiger charge is -2.32. The first-order valence-corrected chi connectivity index (χ1v) is 11.9. The molecule has 1 spiro atoms. The summed E-state index contributed by atoms with van der Waals surface area (Å²) in [6.07, 6.45) is 4.73. The van der Waals surface area contributed by atoms with E-state index in [2.05, 4.69) is 15.6 Å². The average molecular weight is 443 g/mol. The molecule has 4 rings (SSSR count). The molecule has 3 amide bonds. The van der Waals surface area contributed by atoms with Crippen molar-refractivity contribution in [2.45, 2.75) is 64.0 Å². The van der Waals surface area contributed by atoms with Crippen molar-refractivity contribution in [3.63, 3.8) is 0 Å². The number of aromatic nitrogens is 1. The molecule has 1 aromatic heterocycles. The molecule has 1 atom stereocenters. The summed E-state index contributed by atoms with van der Waals surface area (Å²) in [5.74, 6) is -0.577. The van der Waals surface area contributed by atoms with Crippen molar-refractivity contribution in [2.75, 3.05) is 13.1 Å². The Morgan fingerprint density at radius 1 is 1.29 bits per heavy atom. The van der Waals surface area contributed by atoms with Gasteiger partial charge < -0.3 is 15.5 Å². The van der Waals surface area contributed by atoms with Gasteiger partial charge in [0.25, 0.3) is 0 Å². The van der Waals surface area contributed by atoms with E-state index >= 15 is 0 Å². The van der Waals surface area contributed by atoms with Crippen LogP contribution in [0, 0.1) is 5.92 Å². The number of carbonyl (C=O) groups excluding carboxylic acids is 3. The summed E-state index contributed by atoms with van der Waals surface area (Å²) < 4.78 is 1.12. The van der Waals surface area contributed by atoms with Crippen LogP contribution in [0.5, 0.6) is 0 Å². The molecule has 8 heteroatoms. The maximum Gasteiger partial charge on any atom is 0.244 e. The second kappa shape index (κ2) is 8.94. The molecular weight excluding hydrogens is 412 g/mol. The summed E-state index contributed by atoms with van der Waals surface area (Å²) in [5.41, 5.74) is 0.584. The number of benzene rings is 1. The summed E-state index contributed by atoms with van der Waals surface area (Å²) in [5, 5.41) is 6.95. The number of amides is 3. The Kier molecular flexibility index (Phi) is 6.27. The number of nitrogens with zero attached hydrogens (tertiary/aromatic N) is 2. The van der Waals surface area contributed by atoms with Crippen LogP contribution < -0.4 is 10.6 Å². The number of para-hydroxylation sites is 1. The smallest absolute Gasteiger partial charge is 0.244 e. The predicted octanol–water partition coefficient (Wildman–Crippen LogP) is 2.64. The van der Waals surface area contributed by atoms with Gasteiger partial charge >= 0.3 is 0 Å². The SMILES string of the molecule is CC(C)C(=O)NC1CN(C(=O)CCc2nc3ccccc3s2)CC2(CCCC2)NC1=O. The average Bonchev–Trinajstić information content (AvgIpc) is 3.33. The molecule has 2 fully saturated rings. The number of hydrogen-bond donors (Lipinski definition) is 2. The Morgan fingerprint density at radius 3 is 2.74 bits per heavy atom. The van der Waals surface area contributed by atoms with E-state index in [1.165, 1.54) is 0 Å². The topological polar surface area (TPSA) is 91.4 Å². The Bertz CT molecular complexity index is 947. The highest BCUT2D eigenvalue weighted by atomic mass is 32.1. The third-order valence-corrected chi connectivity index (χ3v) is 7.34. The molecule has 166 valence electrons. The number of aryl methyl sites for hydroxylation is 1. The van der Waals surface area contributed by atoms with E-state index in [9.17, 15) is 14.4 Å². The van der Waals surface area contributed by atoms with Crippen LogP contribution in [-0.2, 0) is 20.8 Å². The predicted molar refractivity (Wildman–Crippen MR) is 121 cm³/mol. The van der Waals surface area contributed by atoms with Gasteiger partial charge in [-0.1, -0.05) is 38.8 Å². The van der Waals surface area contributed by atoms with E-state index in [0.29, 0.717) is 19.4 Å². The van der Waals surface area contributed by atoms with Crippen molar-refractivity contribution >= 4 is 39.3 Å². The van der Waals surface area contributed by atoms with Gasteiger partial charge in [0.05, 0.1) is 20.8 Å². The summed E-state index contributed by atoms with van der Waals surface area (Å²) in [6, 6.07) is 7.25. The Hall–Kier alpha value is -2.48. The fourth-order valence-corrected chi connectivity index (χ4v) is 5.46. The van der Waals surface area contributed by atoms with Crippen molar-refractivity contribution in [1.82, 2.24) is 20.5 Å². The zero-order valence-electron chi connectivity index (χ0n) is 18.1. The van der Waals surface area contributed by atoms with Crippen LogP contribution in [0.3, 0.4) is 0 Å². The third-order valence-electron chi connectivity index (χ3n) is 6.25. The van der Waals surface area contributed by atoms with Crippen LogP contribution >= 0.6 is 11.3 Å². The minimum Gasteiger partial charge on any atom is -0.347 e. The van der Waals surface area contributed by atoms with E-state index < -0.39 is 6.04 Å². The minimum absolute atomic E-state index is 0.00540. The lowest BCUT2D eigenvalue weighted by Crippen LogP contribution is -2.54. The number of thiazole rings is 1. The normalized spacial score (nSPS) is 20.8. The molecule has 1 unspecified atom stereocenters. The molecule has 7 nitrogen and oxygen atoms in total. The van der Waals surface area contributed by atoms with Crippen LogP contribution in [0.1, 0.15) is 51.0 Å². The molecule has 1 aliphatic carbocycles. The molecule has 1 saturated heterocycles. The maximum absolute atomic E-state index is 13.2. The molecule has 2 heterocycles. The van der Waals surface area contributed by atoms with Gasteiger partial charge in [-0.25, -0.2) is 4.98 Å². The molecule has 2 aromatic rings. The van der Waals surface area contributed by atoms with Gasteiger partial charge in [-0.15, -0.1) is 11.3 Å². The highest BCUT2D eigenvalue weighted by Gasteiger charge is 2.43. The van der Waals surface area contributed by atoms with Gasteiger partial charge in [-0.2, -0.15) is 0 Å². The highest BCUT2D eigenvalue weighted by Crippen LogP contribution is 2.32. The van der Waals surface area contributed by atoms with Crippen molar-refractivity contribution < 1.29 is 14.4 Å². The Morgan fingerprint density at radius 2 is 2.03 bits per heavy atom. The maximum atomic E-state index is 13.2. The summed E-state index contributed by atoms with van der Waals surface area (Å²) in [4.78, 5) is 44.8. The van der Waals surface area contributed by atoms with Crippen LogP contribution in [0.15, 0.2) is 24.3 Å².